The monoisotopic (exact) mass is 428 g/mol. The van der Waals surface area contributed by atoms with Crippen LogP contribution in [0.5, 0.6) is 0 Å². The van der Waals surface area contributed by atoms with E-state index in [1.807, 2.05) is 12.3 Å². The molecule has 6 nitrogen and oxygen atoms in total. The van der Waals surface area contributed by atoms with E-state index in [-0.39, 0.29) is 24.3 Å². The summed E-state index contributed by atoms with van der Waals surface area (Å²) in [6, 6.07) is 8.92. The van der Waals surface area contributed by atoms with Crippen molar-refractivity contribution in [3.05, 3.63) is 64.7 Å². The number of anilines is 1. The van der Waals surface area contributed by atoms with Crippen molar-refractivity contribution in [2.24, 2.45) is 10.7 Å². The van der Waals surface area contributed by atoms with Crippen LogP contribution in [0, 0.1) is 5.82 Å². The van der Waals surface area contributed by atoms with Crippen LogP contribution in [0.2, 0.25) is 0 Å². The molecule has 3 N–H and O–H groups in total. The fourth-order valence-corrected chi connectivity index (χ4v) is 4.43. The number of halogens is 2. The molecule has 0 radical (unpaired) electrons. The number of aryl methyl sites for hydroxylation is 1. The number of rotatable bonds is 2. The molecular formula is C22H26ClFN6. The molecule has 0 spiro atoms. The maximum Gasteiger partial charge on any atom is 0.194 e. The maximum absolute atomic E-state index is 13.6. The lowest BCUT2D eigenvalue weighted by atomic mass is 9.84. The van der Waals surface area contributed by atoms with Crippen LogP contribution in [0.1, 0.15) is 29.3 Å². The number of nitrogens with zero attached hydrogens (tertiary/aromatic N) is 4. The first-order chi connectivity index (χ1) is 14.1. The Hall–Kier alpha value is -2.64. The molecule has 1 aromatic heterocycles. The third-order valence-electron chi connectivity index (χ3n) is 6.09. The van der Waals surface area contributed by atoms with Crippen molar-refractivity contribution in [1.82, 2.24) is 15.2 Å². The van der Waals surface area contributed by atoms with Crippen molar-refractivity contribution in [3.8, 4) is 0 Å². The maximum atomic E-state index is 13.6. The van der Waals surface area contributed by atoms with Gasteiger partial charge in [-0.15, -0.1) is 12.4 Å². The summed E-state index contributed by atoms with van der Waals surface area (Å²) in [5.41, 5.74) is 12.3. The van der Waals surface area contributed by atoms with Crippen molar-refractivity contribution in [1.29, 1.82) is 0 Å². The van der Waals surface area contributed by atoms with E-state index in [2.05, 4.69) is 39.3 Å². The molecule has 0 amide bonds. The van der Waals surface area contributed by atoms with Crippen LogP contribution < -0.4 is 16.0 Å². The molecule has 1 fully saturated rings. The van der Waals surface area contributed by atoms with Crippen molar-refractivity contribution in [2.75, 3.05) is 38.1 Å². The molecule has 1 atom stereocenters. The molecule has 5 rings (SSSR count). The first-order valence-corrected chi connectivity index (χ1v) is 10.1. The summed E-state index contributed by atoms with van der Waals surface area (Å²) in [7, 11) is 2.15. The van der Waals surface area contributed by atoms with Crippen molar-refractivity contribution < 1.29 is 4.39 Å². The minimum absolute atomic E-state index is 0. The predicted molar refractivity (Wildman–Crippen MR) is 120 cm³/mol. The summed E-state index contributed by atoms with van der Waals surface area (Å²) in [6.45, 7) is 4.15. The lowest BCUT2D eigenvalue weighted by Gasteiger charge is -2.34. The average molecular weight is 429 g/mol. The van der Waals surface area contributed by atoms with Crippen molar-refractivity contribution in [2.45, 2.75) is 18.9 Å². The number of fused-ring (bicyclic) bond motifs is 2. The number of nitrogens with one attached hydrogen (secondary N) is 1. The third kappa shape index (κ3) is 3.75. The molecule has 2 aliphatic heterocycles. The number of hydrogen-bond donors (Lipinski definition) is 2. The number of pyridine rings is 1. The summed E-state index contributed by atoms with van der Waals surface area (Å²) in [6.07, 6.45) is 3.54. The van der Waals surface area contributed by atoms with Crippen LogP contribution in [0.25, 0.3) is 5.70 Å². The van der Waals surface area contributed by atoms with E-state index in [0.717, 1.165) is 72.8 Å². The van der Waals surface area contributed by atoms with Gasteiger partial charge < -0.3 is 20.9 Å². The zero-order chi connectivity index (χ0) is 20.0. The minimum atomic E-state index is -0.206. The molecule has 0 saturated carbocycles. The highest BCUT2D eigenvalue weighted by Gasteiger charge is 2.30. The van der Waals surface area contributed by atoms with Crippen LogP contribution >= 0.6 is 12.4 Å². The average Bonchev–Trinajstić information content (AvgIpc) is 2.73. The van der Waals surface area contributed by atoms with E-state index < -0.39 is 0 Å². The Balaban J connectivity index is 0.00000218. The second-order valence-corrected chi connectivity index (χ2v) is 7.98. The van der Waals surface area contributed by atoms with Gasteiger partial charge in [0, 0.05) is 31.7 Å². The minimum Gasteiger partial charge on any atom is -0.370 e. The van der Waals surface area contributed by atoms with Crippen molar-refractivity contribution in [3.63, 3.8) is 0 Å². The molecule has 3 heterocycles. The molecule has 8 heteroatoms. The number of benzene rings is 1. The predicted octanol–water partition coefficient (Wildman–Crippen LogP) is 2.71. The molecule has 1 saturated heterocycles. The normalized spacial score (nSPS) is 21.2. The van der Waals surface area contributed by atoms with Crippen molar-refractivity contribution >= 4 is 29.8 Å². The quantitative estimate of drug-likeness (QED) is 0.769. The zero-order valence-electron chi connectivity index (χ0n) is 16.9. The highest BCUT2D eigenvalue weighted by Crippen LogP contribution is 2.40. The summed E-state index contributed by atoms with van der Waals surface area (Å²) in [5, 5.41) is 3.21. The van der Waals surface area contributed by atoms with Crippen LogP contribution in [0.3, 0.4) is 0 Å². The number of piperazine rings is 1. The number of hydrogen-bond acceptors (Lipinski definition) is 6. The number of aromatic nitrogens is 1. The van der Waals surface area contributed by atoms with Gasteiger partial charge in [-0.3, -0.25) is 4.98 Å². The molecule has 2 aromatic rings. The van der Waals surface area contributed by atoms with Gasteiger partial charge in [-0.05, 0) is 61.4 Å². The Morgan fingerprint density at radius 1 is 1.10 bits per heavy atom. The van der Waals surface area contributed by atoms with E-state index in [1.165, 1.54) is 6.07 Å². The highest BCUT2D eigenvalue weighted by molar-refractivity contribution is 5.92. The lowest BCUT2D eigenvalue weighted by Crippen LogP contribution is -2.44. The Morgan fingerprint density at radius 3 is 2.63 bits per heavy atom. The molecular weight excluding hydrogens is 403 g/mol. The van der Waals surface area contributed by atoms with Gasteiger partial charge >= 0.3 is 0 Å². The van der Waals surface area contributed by atoms with E-state index in [9.17, 15) is 4.39 Å². The molecule has 3 aliphatic rings. The number of guanidine groups is 1. The second-order valence-electron chi connectivity index (χ2n) is 7.98. The van der Waals surface area contributed by atoms with E-state index in [1.54, 1.807) is 6.07 Å². The first kappa shape index (κ1) is 20.6. The molecule has 158 valence electrons. The first-order valence-electron chi connectivity index (χ1n) is 10.1. The molecule has 0 bridgehead atoms. The Labute approximate surface area is 182 Å². The Morgan fingerprint density at radius 2 is 1.90 bits per heavy atom. The zero-order valence-corrected chi connectivity index (χ0v) is 17.8. The molecule has 1 unspecified atom stereocenters. The lowest BCUT2D eigenvalue weighted by molar-refractivity contribution is 0.313. The van der Waals surface area contributed by atoms with Crippen LogP contribution in [0.15, 0.2) is 47.1 Å². The summed E-state index contributed by atoms with van der Waals surface area (Å²) < 4.78 is 13.6. The second kappa shape index (κ2) is 8.24. The van der Waals surface area contributed by atoms with Gasteiger partial charge in [-0.2, -0.15) is 0 Å². The molecule has 30 heavy (non-hydrogen) atoms. The summed E-state index contributed by atoms with van der Waals surface area (Å²) >= 11 is 0. The van der Waals surface area contributed by atoms with Gasteiger partial charge in [-0.1, -0.05) is 0 Å². The van der Waals surface area contributed by atoms with Gasteiger partial charge in [0.25, 0.3) is 0 Å². The third-order valence-corrected chi connectivity index (χ3v) is 6.09. The smallest absolute Gasteiger partial charge is 0.194 e. The van der Waals surface area contributed by atoms with Gasteiger partial charge in [0.15, 0.2) is 5.96 Å². The van der Waals surface area contributed by atoms with Gasteiger partial charge in [0.05, 0.1) is 23.3 Å². The fraction of sp³-hybridized carbons (Fsp3) is 0.364. The van der Waals surface area contributed by atoms with Crippen LogP contribution in [-0.4, -0.2) is 49.1 Å². The van der Waals surface area contributed by atoms with E-state index >= 15 is 0 Å². The molecule has 1 aromatic carbocycles. The van der Waals surface area contributed by atoms with Gasteiger partial charge in [-0.25, -0.2) is 9.38 Å². The molecule has 1 aliphatic carbocycles. The Kier molecular flexibility index (Phi) is 5.66. The number of aliphatic imine (C=N–C) groups is 1. The van der Waals surface area contributed by atoms with Crippen LogP contribution in [0.4, 0.5) is 10.1 Å². The van der Waals surface area contributed by atoms with Gasteiger partial charge in [0.2, 0.25) is 0 Å². The highest BCUT2D eigenvalue weighted by atomic mass is 35.5. The topological polar surface area (TPSA) is 69.8 Å². The summed E-state index contributed by atoms with van der Waals surface area (Å²) in [4.78, 5) is 14.1. The SMILES string of the molecule is CN1CCN(c2ccc(C3N=C(N)NC4=C3CCc3cc(F)ccc34)nc2)CC1.Cl. The number of likely N-dealkylation sites (N-methyl/N-ethyl adjacent to an activating group) is 1. The van der Waals surface area contributed by atoms with Gasteiger partial charge in [0.1, 0.15) is 11.9 Å². The summed E-state index contributed by atoms with van der Waals surface area (Å²) in [5.74, 6) is 0.166. The number of nitrogens with two attached hydrogens (primary N) is 1. The Bertz CT molecular complexity index is 995. The largest absolute Gasteiger partial charge is 0.370 e. The van der Waals surface area contributed by atoms with E-state index in [0.29, 0.717) is 5.96 Å². The standard InChI is InChI=1S/C22H25FN6.ClH/c1-28-8-10-29(11-9-28)16-4-7-19(25-13-16)21-18-5-2-14-12-15(23)3-6-17(14)20(18)26-22(24)27-21;/h3-4,6-7,12-13,21H,2,5,8-11H2,1H3,(H3,24,26,27);1H. The fourth-order valence-electron chi connectivity index (χ4n) is 4.43. The van der Waals surface area contributed by atoms with Crippen LogP contribution in [-0.2, 0) is 6.42 Å². The van der Waals surface area contributed by atoms with E-state index in [4.69, 9.17) is 10.7 Å².